The molecule has 0 radical (unpaired) electrons. The van der Waals surface area contributed by atoms with Crippen LogP contribution < -0.4 is 10.6 Å². The van der Waals surface area contributed by atoms with Crippen LogP contribution in [0.1, 0.15) is 75.7 Å². The van der Waals surface area contributed by atoms with E-state index in [2.05, 4.69) is 42.0 Å². The second-order valence-corrected chi connectivity index (χ2v) is 12.1. The van der Waals surface area contributed by atoms with Crippen molar-refractivity contribution in [2.75, 3.05) is 13.7 Å². The molecule has 2 unspecified atom stereocenters. The van der Waals surface area contributed by atoms with E-state index in [9.17, 15) is 9.59 Å². The van der Waals surface area contributed by atoms with Crippen LogP contribution in [0.15, 0.2) is 59.8 Å². The molecule has 1 aromatic heterocycles. The van der Waals surface area contributed by atoms with Crippen molar-refractivity contribution in [1.82, 2.24) is 9.47 Å². The van der Waals surface area contributed by atoms with Crippen molar-refractivity contribution < 1.29 is 19.1 Å². The Balaban J connectivity index is 1.53. The Morgan fingerprint density at radius 1 is 1.10 bits per heavy atom. The summed E-state index contributed by atoms with van der Waals surface area (Å²) in [6.45, 7) is 9.41. The van der Waals surface area contributed by atoms with Crippen LogP contribution >= 0.6 is 0 Å². The number of aromatic nitrogens is 1. The average Bonchev–Trinajstić information content (AvgIpc) is 3.03. The summed E-state index contributed by atoms with van der Waals surface area (Å²) >= 11 is 0. The van der Waals surface area contributed by atoms with E-state index in [0.29, 0.717) is 18.0 Å². The number of esters is 1. The van der Waals surface area contributed by atoms with Gasteiger partial charge in [-0.15, -0.1) is 0 Å². The Morgan fingerprint density at radius 2 is 1.87 bits per heavy atom. The molecule has 39 heavy (non-hydrogen) atoms. The molecule has 2 aliphatic heterocycles. The molecular formula is C33H40N2O4. The smallest absolute Gasteiger partial charge is 0.410 e. The lowest BCUT2D eigenvalue weighted by atomic mass is 9.87. The van der Waals surface area contributed by atoms with Gasteiger partial charge in [-0.3, -0.25) is 0 Å². The Kier molecular flexibility index (Phi) is 7.57. The molecule has 0 saturated carbocycles. The van der Waals surface area contributed by atoms with Gasteiger partial charge in [-0.1, -0.05) is 37.3 Å². The van der Waals surface area contributed by atoms with Crippen LogP contribution in [0.2, 0.25) is 0 Å². The number of benzene rings is 1. The number of allylic oxidation sites excluding steroid dienone is 2. The summed E-state index contributed by atoms with van der Waals surface area (Å²) < 4.78 is 12.9. The Morgan fingerprint density at radius 3 is 2.59 bits per heavy atom. The van der Waals surface area contributed by atoms with Gasteiger partial charge in [-0.25, -0.2) is 9.59 Å². The van der Waals surface area contributed by atoms with Gasteiger partial charge in [0.15, 0.2) is 0 Å². The summed E-state index contributed by atoms with van der Waals surface area (Å²) in [4.78, 5) is 26.9. The van der Waals surface area contributed by atoms with Gasteiger partial charge in [0.1, 0.15) is 5.60 Å². The topological polar surface area (TPSA) is 60.8 Å². The van der Waals surface area contributed by atoms with Gasteiger partial charge in [-0.05, 0) is 99.3 Å². The first-order chi connectivity index (χ1) is 18.6. The van der Waals surface area contributed by atoms with Crippen LogP contribution in [-0.4, -0.2) is 46.8 Å². The SMILES string of the molecule is COC(=O)c1ccc(Cn2ccc3c2=CCC(C)C=CC=3C2=C3CCCC(C2)N(C(=O)OC(C)(C)C)C3)cc1. The first kappa shape index (κ1) is 27.0. The predicted octanol–water partition coefficient (Wildman–Crippen LogP) is 5.34. The van der Waals surface area contributed by atoms with Crippen molar-refractivity contribution in [2.24, 2.45) is 5.92 Å². The monoisotopic (exact) mass is 528 g/mol. The number of hydrogen-bond acceptors (Lipinski definition) is 4. The number of carbonyl (C=O) groups excluding carboxylic acids is 2. The van der Waals surface area contributed by atoms with Gasteiger partial charge >= 0.3 is 12.1 Å². The Bertz CT molecular complexity index is 1440. The molecule has 2 aromatic rings. The molecule has 1 amide bonds. The van der Waals surface area contributed by atoms with Gasteiger partial charge < -0.3 is 18.9 Å². The highest BCUT2D eigenvalue weighted by molar-refractivity contribution is 5.89. The number of hydrogen-bond donors (Lipinski definition) is 0. The van der Waals surface area contributed by atoms with Gasteiger partial charge in [0.25, 0.3) is 0 Å². The minimum absolute atomic E-state index is 0.160. The predicted molar refractivity (Wildman–Crippen MR) is 154 cm³/mol. The standard InChI is InChI=1S/C33H40N2O4/c1-22-9-15-27(29-19-26-8-6-7-25(29)21-35(26)32(37)39-33(2,3)4)28-17-18-34(30(28)16-10-22)20-23-11-13-24(14-12-23)31(36)38-5/h9,11-18,22,26H,6-8,10,19-21H2,1-5H3. The quantitative estimate of drug-likeness (QED) is 0.503. The van der Waals surface area contributed by atoms with E-state index in [0.717, 1.165) is 44.2 Å². The van der Waals surface area contributed by atoms with Gasteiger partial charge in [0.05, 0.1) is 12.7 Å². The summed E-state index contributed by atoms with van der Waals surface area (Å²) in [5.74, 6) is 0.112. The third-order valence-electron chi connectivity index (χ3n) is 7.94. The first-order valence-electron chi connectivity index (χ1n) is 14.1. The van der Waals surface area contributed by atoms with Crippen LogP contribution in [0.3, 0.4) is 0 Å². The lowest BCUT2D eigenvalue weighted by Gasteiger charge is -2.37. The summed E-state index contributed by atoms with van der Waals surface area (Å²) in [6, 6.07) is 10.0. The van der Waals surface area contributed by atoms with Gasteiger partial charge in [-0.2, -0.15) is 0 Å². The minimum atomic E-state index is -0.500. The molecule has 3 heterocycles. The van der Waals surface area contributed by atoms with Crippen molar-refractivity contribution in [3.8, 4) is 0 Å². The van der Waals surface area contributed by atoms with E-state index in [-0.39, 0.29) is 18.1 Å². The maximum absolute atomic E-state index is 13.1. The van der Waals surface area contributed by atoms with Crippen molar-refractivity contribution in [2.45, 2.75) is 78.0 Å². The van der Waals surface area contributed by atoms with Crippen LogP contribution in [0.5, 0.6) is 0 Å². The summed E-state index contributed by atoms with van der Waals surface area (Å²) in [6.07, 6.45) is 13.9. The normalized spacial score (nSPS) is 21.1. The molecule has 6 rings (SSSR count). The van der Waals surface area contributed by atoms with Crippen LogP contribution in [-0.2, 0) is 16.0 Å². The van der Waals surface area contributed by atoms with E-state index in [1.54, 1.807) is 0 Å². The number of ether oxygens (including phenoxy) is 2. The number of carbonyl (C=O) groups is 2. The summed E-state index contributed by atoms with van der Waals surface area (Å²) in [5, 5.41) is 2.48. The van der Waals surface area contributed by atoms with E-state index in [4.69, 9.17) is 9.47 Å². The maximum Gasteiger partial charge on any atom is 0.410 e. The molecule has 2 bridgehead atoms. The third kappa shape index (κ3) is 5.90. The fraction of sp³-hybridized carbons (Fsp3) is 0.455. The zero-order chi connectivity index (χ0) is 27.7. The van der Waals surface area contributed by atoms with Crippen LogP contribution in [0.4, 0.5) is 4.79 Å². The molecule has 1 aromatic carbocycles. The van der Waals surface area contributed by atoms with Crippen LogP contribution in [0, 0.1) is 5.92 Å². The van der Waals surface area contributed by atoms with E-state index < -0.39 is 5.60 Å². The van der Waals surface area contributed by atoms with Crippen molar-refractivity contribution in [3.05, 3.63) is 81.5 Å². The van der Waals surface area contributed by atoms with Crippen molar-refractivity contribution in [1.29, 1.82) is 0 Å². The fourth-order valence-electron chi connectivity index (χ4n) is 5.92. The minimum Gasteiger partial charge on any atom is -0.465 e. The molecule has 206 valence electrons. The number of methoxy groups -OCH3 is 1. The van der Waals surface area contributed by atoms with E-state index >= 15 is 0 Å². The highest BCUT2D eigenvalue weighted by Gasteiger charge is 2.36. The molecule has 6 nitrogen and oxygen atoms in total. The Labute approximate surface area is 231 Å². The van der Waals surface area contributed by atoms with Gasteiger partial charge in [0.2, 0.25) is 0 Å². The molecule has 0 spiro atoms. The number of rotatable bonds is 4. The van der Waals surface area contributed by atoms with Crippen molar-refractivity contribution >= 4 is 23.7 Å². The molecular weight excluding hydrogens is 488 g/mol. The molecule has 2 aliphatic carbocycles. The highest BCUT2D eigenvalue weighted by atomic mass is 16.6. The van der Waals surface area contributed by atoms with E-state index in [1.807, 2.05) is 49.9 Å². The lowest BCUT2D eigenvalue weighted by Crippen LogP contribution is -2.46. The fourth-order valence-corrected chi connectivity index (χ4v) is 5.92. The van der Waals surface area contributed by atoms with Crippen LogP contribution in [0.25, 0.3) is 11.6 Å². The number of amides is 1. The molecule has 2 atom stereocenters. The molecule has 1 fully saturated rings. The first-order valence-corrected chi connectivity index (χ1v) is 14.1. The third-order valence-corrected chi connectivity index (χ3v) is 7.94. The van der Waals surface area contributed by atoms with Gasteiger partial charge in [0, 0.05) is 35.9 Å². The zero-order valence-electron chi connectivity index (χ0n) is 23.8. The molecule has 6 heteroatoms. The van der Waals surface area contributed by atoms with E-state index in [1.165, 1.54) is 34.4 Å². The maximum atomic E-state index is 13.1. The summed E-state index contributed by atoms with van der Waals surface area (Å²) in [7, 11) is 1.40. The molecule has 1 saturated heterocycles. The summed E-state index contributed by atoms with van der Waals surface area (Å²) in [5.41, 5.74) is 5.24. The largest absolute Gasteiger partial charge is 0.465 e. The second-order valence-electron chi connectivity index (χ2n) is 12.1. The van der Waals surface area contributed by atoms with Crippen molar-refractivity contribution in [3.63, 3.8) is 0 Å². The second kappa shape index (κ2) is 10.9. The average molecular weight is 529 g/mol. The highest BCUT2D eigenvalue weighted by Crippen LogP contribution is 2.38. The Hall–Kier alpha value is -3.54. The zero-order valence-corrected chi connectivity index (χ0v) is 23.8. The molecule has 4 aliphatic rings. The lowest BCUT2D eigenvalue weighted by molar-refractivity contribution is 0.0171. The number of fused-ring (bicyclic) bond motifs is 5. The number of nitrogens with zero attached hydrogens (tertiary/aromatic N) is 2. The molecule has 0 N–H and O–H groups in total.